The van der Waals surface area contributed by atoms with Gasteiger partial charge in [-0.15, -0.1) is 0 Å². The molecule has 0 spiro atoms. The zero-order chi connectivity index (χ0) is 26.5. The van der Waals surface area contributed by atoms with E-state index in [4.69, 9.17) is 21.7 Å². The zero-order valence-electron chi connectivity index (χ0n) is 18.7. The van der Waals surface area contributed by atoms with Crippen LogP contribution in [0.2, 0.25) is 0 Å². The van der Waals surface area contributed by atoms with E-state index in [1.807, 2.05) is 0 Å². The van der Waals surface area contributed by atoms with Crippen molar-refractivity contribution in [3.63, 3.8) is 0 Å². The van der Waals surface area contributed by atoms with Gasteiger partial charge >= 0.3 is 11.9 Å². The molecule has 0 bridgehead atoms. The molecule has 1 rings (SSSR count). The van der Waals surface area contributed by atoms with Crippen LogP contribution in [0.5, 0.6) is 0 Å². The number of aliphatic hydroxyl groups excluding tert-OH is 1. The molecule has 10 N–H and O–H groups in total. The Morgan fingerprint density at radius 3 is 1.89 bits per heavy atom. The van der Waals surface area contributed by atoms with Crippen molar-refractivity contribution in [1.29, 1.82) is 0 Å². The third-order valence-corrected chi connectivity index (χ3v) is 4.75. The number of hydrogen-bond acceptors (Lipinski definition) is 8. The van der Waals surface area contributed by atoms with E-state index in [0.29, 0.717) is 5.56 Å². The fraction of sp³-hybridized carbons (Fsp3) is 0.429. The maximum Gasteiger partial charge on any atom is 0.326 e. The number of nitrogens with one attached hydrogen (secondary N) is 3. The molecule has 1 aromatic carbocycles. The van der Waals surface area contributed by atoms with Gasteiger partial charge in [0.15, 0.2) is 0 Å². The lowest BCUT2D eigenvalue weighted by molar-refractivity contribution is -0.143. The summed E-state index contributed by atoms with van der Waals surface area (Å²) in [5.74, 6) is -6.72. The molecule has 192 valence electrons. The normalized spacial score (nSPS) is 14.0. The van der Waals surface area contributed by atoms with E-state index >= 15 is 0 Å². The monoisotopic (exact) mass is 495 g/mol. The zero-order valence-corrected chi connectivity index (χ0v) is 18.7. The SMILES string of the molecule is NC(=O)CCC(NC(=O)C(N)CO)C(=O)NC(CC(=O)O)C(=O)NC(Cc1ccccc1)C(=O)O. The van der Waals surface area contributed by atoms with E-state index in [9.17, 15) is 33.9 Å². The van der Waals surface area contributed by atoms with Crippen molar-refractivity contribution in [3.05, 3.63) is 35.9 Å². The summed E-state index contributed by atoms with van der Waals surface area (Å²) in [7, 11) is 0. The van der Waals surface area contributed by atoms with E-state index in [1.165, 1.54) is 0 Å². The van der Waals surface area contributed by atoms with Gasteiger partial charge in [0.2, 0.25) is 23.6 Å². The Hall–Kier alpha value is -4.04. The van der Waals surface area contributed by atoms with Gasteiger partial charge in [-0.25, -0.2) is 4.79 Å². The standard InChI is InChI=1S/C21H29N5O9/c22-12(10-27)18(31)24-13(6-7-16(23)28)19(32)25-14(9-17(29)30)20(33)26-15(21(34)35)8-11-4-2-1-3-5-11/h1-5,12-15,27H,6-10,22H2,(H2,23,28)(H,24,31)(H,25,32)(H,26,33)(H,29,30)(H,34,35). The molecule has 4 unspecified atom stereocenters. The van der Waals surface area contributed by atoms with E-state index in [1.54, 1.807) is 30.3 Å². The van der Waals surface area contributed by atoms with Gasteiger partial charge in [0.05, 0.1) is 13.0 Å². The fourth-order valence-electron chi connectivity index (χ4n) is 2.90. The average Bonchev–Trinajstić information content (AvgIpc) is 2.80. The van der Waals surface area contributed by atoms with E-state index < -0.39 is 72.8 Å². The third kappa shape index (κ3) is 10.6. The molecule has 0 radical (unpaired) electrons. The quantitative estimate of drug-likeness (QED) is 0.121. The number of rotatable bonds is 15. The highest BCUT2D eigenvalue weighted by atomic mass is 16.4. The summed E-state index contributed by atoms with van der Waals surface area (Å²) in [6.45, 7) is -0.738. The minimum Gasteiger partial charge on any atom is -0.481 e. The van der Waals surface area contributed by atoms with Crippen LogP contribution in [0.25, 0.3) is 0 Å². The number of carbonyl (C=O) groups is 6. The molecule has 4 atom stereocenters. The minimum atomic E-state index is -1.71. The highest BCUT2D eigenvalue weighted by Crippen LogP contribution is 2.06. The lowest BCUT2D eigenvalue weighted by atomic mass is 10.0. The molecule has 0 aliphatic rings. The molecule has 14 heteroatoms. The summed E-state index contributed by atoms with van der Waals surface area (Å²) in [6, 6.07) is 2.38. The second kappa shape index (κ2) is 14.3. The first-order chi connectivity index (χ1) is 16.4. The lowest BCUT2D eigenvalue weighted by Crippen LogP contribution is -2.58. The third-order valence-electron chi connectivity index (χ3n) is 4.75. The first-order valence-corrected chi connectivity index (χ1v) is 10.5. The Bertz CT molecular complexity index is 925. The van der Waals surface area contributed by atoms with Crippen LogP contribution in [0.4, 0.5) is 0 Å². The number of hydrogen-bond donors (Lipinski definition) is 8. The van der Waals surface area contributed by atoms with Crippen molar-refractivity contribution >= 4 is 35.6 Å². The minimum absolute atomic E-state index is 0.105. The van der Waals surface area contributed by atoms with Gasteiger partial charge < -0.3 is 42.7 Å². The number of amides is 4. The van der Waals surface area contributed by atoms with Crippen LogP contribution in [0, 0.1) is 0 Å². The molecule has 1 aromatic rings. The molecule has 0 aromatic heterocycles. The van der Waals surface area contributed by atoms with Gasteiger partial charge in [0, 0.05) is 12.8 Å². The van der Waals surface area contributed by atoms with Crippen molar-refractivity contribution in [1.82, 2.24) is 16.0 Å². The van der Waals surface area contributed by atoms with Gasteiger partial charge in [0.1, 0.15) is 24.2 Å². The van der Waals surface area contributed by atoms with E-state index in [0.717, 1.165) is 0 Å². The van der Waals surface area contributed by atoms with Crippen LogP contribution in [0.1, 0.15) is 24.8 Å². The number of aliphatic carboxylic acids is 2. The Labute approximate surface area is 200 Å². The Morgan fingerprint density at radius 1 is 0.829 bits per heavy atom. The second-order valence-corrected chi connectivity index (χ2v) is 7.60. The van der Waals surface area contributed by atoms with Crippen molar-refractivity contribution in [2.24, 2.45) is 11.5 Å². The average molecular weight is 495 g/mol. The van der Waals surface area contributed by atoms with Gasteiger partial charge in [-0.2, -0.15) is 0 Å². The summed E-state index contributed by atoms with van der Waals surface area (Å²) in [4.78, 5) is 71.5. The number of carbonyl (C=O) groups excluding carboxylic acids is 4. The van der Waals surface area contributed by atoms with Crippen molar-refractivity contribution in [2.75, 3.05) is 6.61 Å². The topological polar surface area (TPSA) is 251 Å². The maximum atomic E-state index is 12.7. The maximum absolute atomic E-state index is 12.7. The van der Waals surface area contributed by atoms with E-state index in [2.05, 4.69) is 16.0 Å². The van der Waals surface area contributed by atoms with Crippen LogP contribution in [-0.2, 0) is 35.2 Å². The van der Waals surface area contributed by atoms with Crippen LogP contribution >= 0.6 is 0 Å². The largest absolute Gasteiger partial charge is 0.481 e. The molecule has 0 saturated carbocycles. The van der Waals surface area contributed by atoms with Gasteiger partial charge in [-0.1, -0.05) is 30.3 Å². The van der Waals surface area contributed by atoms with Crippen molar-refractivity contribution < 1.29 is 44.1 Å². The van der Waals surface area contributed by atoms with Crippen molar-refractivity contribution in [3.8, 4) is 0 Å². The van der Waals surface area contributed by atoms with Crippen LogP contribution in [0.15, 0.2) is 30.3 Å². The first-order valence-electron chi connectivity index (χ1n) is 10.5. The van der Waals surface area contributed by atoms with Crippen molar-refractivity contribution in [2.45, 2.75) is 49.9 Å². The molecule has 0 heterocycles. The highest BCUT2D eigenvalue weighted by molar-refractivity contribution is 5.95. The van der Waals surface area contributed by atoms with Crippen LogP contribution < -0.4 is 27.4 Å². The summed E-state index contributed by atoms with van der Waals surface area (Å²) in [5.41, 5.74) is 11.1. The number of nitrogens with two attached hydrogens (primary N) is 2. The summed E-state index contributed by atoms with van der Waals surface area (Å²) >= 11 is 0. The molecular formula is C21H29N5O9. The van der Waals surface area contributed by atoms with Gasteiger partial charge in [0.25, 0.3) is 0 Å². The summed E-state index contributed by atoms with van der Waals surface area (Å²) < 4.78 is 0. The number of primary amides is 1. The molecular weight excluding hydrogens is 466 g/mol. The predicted molar refractivity (Wildman–Crippen MR) is 119 cm³/mol. The van der Waals surface area contributed by atoms with Crippen LogP contribution in [0.3, 0.4) is 0 Å². The van der Waals surface area contributed by atoms with E-state index in [-0.39, 0.29) is 19.3 Å². The molecule has 0 fully saturated rings. The number of aliphatic hydroxyl groups is 1. The number of carboxylic acid groups (broad SMARTS) is 2. The number of benzene rings is 1. The van der Waals surface area contributed by atoms with Gasteiger partial charge in [-0.05, 0) is 12.0 Å². The van der Waals surface area contributed by atoms with Gasteiger partial charge in [-0.3, -0.25) is 24.0 Å². The Balaban J connectivity index is 3.02. The Morgan fingerprint density at radius 2 is 1.37 bits per heavy atom. The summed E-state index contributed by atoms with van der Waals surface area (Å²) in [5, 5.41) is 34.2. The second-order valence-electron chi connectivity index (χ2n) is 7.60. The first kappa shape index (κ1) is 29.0. The molecule has 0 aliphatic heterocycles. The van der Waals surface area contributed by atoms with Crippen LogP contribution in [-0.4, -0.2) is 81.7 Å². The summed E-state index contributed by atoms with van der Waals surface area (Å²) in [6.07, 6.45) is -1.66. The molecule has 0 saturated heterocycles. The molecule has 35 heavy (non-hydrogen) atoms. The lowest BCUT2D eigenvalue weighted by Gasteiger charge is -2.24. The number of carboxylic acids is 2. The fourth-order valence-corrected chi connectivity index (χ4v) is 2.90. The smallest absolute Gasteiger partial charge is 0.326 e. The highest BCUT2D eigenvalue weighted by Gasteiger charge is 2.31. The predicted octanol–water partition coefficient (Wildman–Crippen LogP) is -3.17. The Kier molecular flexibility index (Phi) is 11.8. The molecule has 0 aliphatic carbocycles. The molecule has 14 nitrogen and oxygen atoms in total. The molecule has 4 amide bonds.